The summed E-state index contributed by atoms with van der Waals surface area (Å²) in [4.78, 5) is 3.98. The lowest BCUT2D eigenvalue weighted by molar-refractivity contribution is 1.22. The van der Waals surface area contributed by atoms with E-state index in [0.717, 1.165) is 0 Å². The number of hydrogen-bond donors (Lipinski definition) is 2. The van der Waals surface area contributed by atoms with Crippen LogP contribution in [-0.2, 0) is 0 Å². The second-order valence-electron chi connectivity index (χ2n) is 2.47. The van der Waals surface area contributed by atoms with Crippen molar-refractivity contribution in [2.45, 2.75) is 0 Å². The Morgan fingerprint density at radius 3 is 2.92 bits per heavy atom. The van der Waals surface area contributed by atoms with Crippen molar-refractivity contribution in [1.82, 2.24) is 4.98 Å². The number of anilines is 2. The van der Waals surface area contributed by atoms with E-state index in [0.29, 0.717) is 28.1 Å². The lowest BCUT2D eigenvalue weighted by Gasteiger charge is -2.05. The third-order valence-electron chi connectivity index (χ3n) is 1.31. The number of nitrogens with zero attached hydrogens (tertiary/aromatic N) is 1. The maximum atomic E-state index is 5.84. The Labute approximate surface area is 86.6 Å². The van der Waals surface area contributed by atoms with E-state index in [-0.39, 0.29) is 0 Å². The zero-order chi connectivity index (χ0) is 9.84. The van der Waals surface area contributed by atoms with Gasteiger partial charge in [-0.05, 0) is 6.07 Å². The third-order valence-corrected chi connectivity index (χ3v) is 1.73. The Kier molecular flexibility index (Phi) is 3.39. The van der Waals surface area contributed by atoms with Gasteiger partial charge >= 0.3 is 0 Å². The number of nitrogens with one attached hydrogen (secondary N) is 1. The SMILES string of the molecule is C=C(Cl)CNc1ncc(N)cc1Cl. The molecule has 70 valence electrons. The molecule has 0 aliphatic rings. The highest BCUT2D eigenvalue weighted by molar-refractivity contribution is 6.33. The monoisotopic (exact) mass is 217 g/mol. The summed E-state index contributed by atoms with van der Waals surface area (Å²) in [5.41, 5.74) is 5.99. The van der Waals surface area contributed by atoms with Gasteiger partial charge in [-0.2, -0.15) is 0 Å². The van der Waals surface area contributed by atoms with Crippen LogP contribution in [0.15, 0.2) is 23.9 Å². The molecule has 0 aliphatic carbocycles. The number of hydrogen-bond acceptors (Lipinski definition) is 3. The summed E-state index contributed by atoms with van der Waals surface area (Å²) >= 11 is 11.4. The van der Waals surface area contributed by atoms with E-state index in [9.17, 15) is 0 Å². The Balaban J connectivity index is 2.72. The molecule has 0 aromatic carbocycles. The van der Waals surface area contributed by atoms with E-state index in [1.165, 1.54) is 6.20 Å². The third kappa shape index (κ3) is 3.13. The number of nitrogen functional groups attached to an aromatic ring is 1. The fraction of sp³-hybridized carbons (Fsp3) is 0.125. The van der Waals surface area contributed by atoms with Gasteiger partial charge in [-0.3, -0.25) is 0 Å². The summed E-state index contributed by atoms with van der Waals surface area (Å²) in [5.74, 6) is 0.553. The molecule has 1 aromatic rings. The zero-order valence-electron chi connectivity index (χ0n) is 6.85. The standard InChI is InChI=1S/C8H9Cl2N3/c1-5(9)3-12-8-7(10)2-6(11)4-13-8/h2,4H,1,3,11H2,(H,12,13). The molecule has 0 aliphatic heterocycles. The molecule has 0 saturated carbocycles. The van der Waals surface area contributed by atoms with E-state index >= 15 is 0 Å². The van der Waals surface area contributed by atoms with Crippen molar-refractivity contribution < 1.29 is 0 Å². The molecule has 0 unspecified atom stereocenters. The lowest BCUT2D eigenvalue weighted by atomic mass is 10.4. The summed E-state index contributed by atoms with van der Waals surface area (Å²) in [6.07, 6.45) is 1.52. The summed E-state index contributed by atoms with van der Waals surface area (Å²) in [7, 11) is 0. The predicted molar refractivity (Wildman–Crippen MR) is 57.1 cm³/mol. The summed E-state index contributed by atoms with van der Waals surface area (Å²) < 4.78 is 0. The highest BCUT2D eigenvalue weighted by atomic mass is 35.5. The van der Waals surface area contributed by atoms with Crippen LogP contribution >= 0.6 is 23.2 Å². The van der Waals surface area contributed by atoms with Crippen molar-refractivity contribution in [3.05, 3.63) is 28.9 Å². The van der Waals surface area contributed by atoms with Gasteiger partial charge in [-0.15, -0.1) is 0 Å². The number of rotatable bonds is 3. The van der Waals surface area contributed by atoms with E-state index in [4.69, 9.17) is 28.9 Å². The Hall–Kier alpha value is -0.930. The normalized spacial score (nSPS) is 9.69. The first-order valence-corrected chi connectivity index (χ1v) is 4.33. The largest absolute Gasteiger partial charge is 0.397 e. The Bertz CT molecular complexity index is 325. The molecule has 0 bridgehead atoms. The molecule has 3 N–H and O–H groups in total. The predicted octanol–water partition coefficient (Wildman–Crippen LogP) is 2.48. The molecule has 0 atom stereocenters. The minimum Gasteiger partial charge on any atom is -0.397 e. The minimum absolute atomic E-state index is 0.429. The topological polar surface area (TPSA) is 50.9 Å². The second kappa shape index (κ2) is 4.35. The van der Waals surface area contributed by atoms with Crippen LogP contribution in [0.1, 0.15) is 0 Å². The lowest BCUT2D eigenvalue weighted by Crippen LogP contribution is -2.03. The highest BCUT2D eigenvalue weighted by Gasteiger charge is 2.01. The Morgan fingerprint density at radius 1 is 1.69 bits per heavy atom. The van der Waals surface area contributed by atoms with Crippen LogP contribution in [0.25, 0.3) is 0 Å². The van der Waals surface area contributed by atoms with Crippen molar-refractivity contribution in [3.8, 4) is 0 Å². The van der Waals surface area contributed by atoms with Crippen LogP contribution in [0.5, 0.6) is 0 Å². The molecular weight excluding hydrogens is 209 g/mol. The number of halogens is 2. The van der Waals surface area contributed by atoms with Gasteiger partial charge < -0.3 is 11.1 Å². The van der Waals surface area contributed by atoms with Crippen LogP contribution in [-0.4, -0.2) is 11.5 Å². The molecule has 0 spiro atoms. The first-order valence-electron chi connectivity index (χ1n) is 3.58. The van der Waals surface area contributed by atoms with E-state index < -0.39 is 0 Å². The van der Waals surface area contributed by atoms with Crippen LogP contribution in [0.4, 0.5) is 11.5 Å². The fourth-order valence-electron chi connectivity index (χ4n) is 0.762. The maximum absolute atomic E-state index is 5.84. The van der Waals surface area contributed by atoms with E-state index in [1.54, 1.807) is 6.07 Å². The minimum atomic E-state index is 0.429. The van der Waals surface area contributed by atoms with Gasteiger partial charge in [0.2, 0.25) is 0 Å². The molecule has 0 amide bonds. The molecule has 1 heterocycles. The molecule has 5 heteroatoms. The average Bonchev–Trinajstić information content (AvgIpc) is 2.02. The van der Waals surface area contributed by atoms with Gasteiger partial charge in [0.1, 0.15) is 5.82 Å². The fourth-order valence-corrected chi connectivity index (χ4v) is 1.07. The first-order chi connectivity index (χ1) is 6.09. The highest BCUT2D eigenvalue weighted by Crippen LogP contribution is 2.21. The summed E-state index contributed by atoms with van der Waals surface area (Å²) in [5, 5.41) is 3.87. The van der Waals surface area contributed by atoms with Crippen molar-refractivity contribution >= 4 is 34.7 Å². The summed E-state index contributed by atoms with van der Waals surface area (Å²) in [6.45, 7) is 3.95. The molecule has 1 rings (SSSR count). The van der Waals surface area contributed by atoms with Crippen LogP contribution in [0.2, 0.25) is 5.02 Å². The number of pyridine rings is 1. The van der Waals surface area contributed by atoms with Crippen molar-refractivity contribution in [2.75, 3.05) is 17.6 Å². The molecule has 0 radical (unpaired) electrons. The molecule has 13 heavy (non-hydrogen) atoms. The number of nitrogens with two attached hydrogens (primary N) is 1. The Morgan fingerprint density at radius 2 is 2.38 bits per heavy atom. The van der Waals surface area contributed by atoms with Gasteiger partial charge in [0.05, 0.1) is 23.5 Å². The van der Waals surface area contributed by atoms with Gasteiger partial charge in [0, 0.05) is 5.03 Å². The maximum Gasteiger partial charge on any atom is 0.145 e. The van der Waals surface area contributed by atoms with Crippen molar-refractivity contribution in [1.29, 1.82) is 0 Å². The van der Waals surface area contributed by atoms with Crippen LogP contribution < -0.4 is 11.1 Å². The van der Waals surface area contributed by atoms with Crippen LogP contribution in [0, 0.1) is 0 Å². The second-order valence-corrected chi connectivity index (χ2v) is 3.41. The van der Waals surface area contributed by atoms with Gasteiger partial charge in [-0.25, -0.2) is 4.98 Å². The molecule has 1 aromatic heterocycles. The van der Waals surface area contributed by atoms with Crippen molar-refractivity contribution in [2.24, 2.45) is 0 Å². The molecule has 0 saturated heterocycles. The van der Waals surface area contributed by atoms with Gasteiger partial charge in [0.25, 0.3) is 0 Å². The van der Waals surface area contributed by atoms with Gasteiger partial charge in [-0.1, -0.05) is 29.8 Å². The number of aromatic nitrogens is 1. The molecule has 3 nitrogen and oxygen atoms in total. The quantitative estimate of drug-likeness (QED) is 0.819. The smallest absolute Gasteiger partial charge is 0.145 e. The zero-order valence-corrected chi connectivity index (χ0v) is 8.36. The molecular formula is C8H9Cl2N3. The van der Waals surface area contributed by atoms with E-state index in [1.807, 2.05) is 0 Å². The van der Waals surface area contributed by atoms with Gasteiger partial charge in [0.15, 0.2) is 0 Å². The summed E-state index contributed by atoms with van der Waals surface area (Å²) in [6, 6.07) is 1.62. The molecule has 0 fully saturated rings. The van der Waals surface area contributed by atoms with Crippen molar-refractivity contribution in [3.63, 3.8) is 0 Å². The van der Waals surface area contributed by atoms with Crippen LogP contribution in [0.3, 0.4) is 0 Å². The van der Waals surface area contributed by atoms with E-state index in [2.05, 4.69) is 16.9 Å². The average molecular weight is 218 g/mol. The first kappa shape index (κ1) is 10.2.